The van der Waals surface area contributed by atoms with Gasteiger partial charge in [-0.05, 0) is 100 Å². The van der Waals surface area contributed by atoms with Gasteiger partial charge in [0.05, 0.1) is 11.7 Å². The third-order valence-electron chi connectivity index (χ3n) is 11.7. The Morgan fingerprint density at radius 3 is 2.20 bits per heavy atom. The topological polar surface area (TPSA) is 183 Å². The molecular weight excluding hydrogens is 620 g/mol. The van der Waals surface area contributed by atoms with Gasteiger partial charge in [0.25, 0.3) is 0 Å². The highest BCUT2D eigenvalue weighted by atomic mass is 32.3. The second kappa shape index (κ2) is 12.6. The molecule has 0 saturated heterocycles. The Bertz CT molecular complexity index is 1390. The minimum atomic E-state index is -5.07. The molecule has 46 heavy (non-hydrogen) atoms. The minimum absolute atomic E-state index is 0.124. The summed E-state index contributed by atoms with van der Waals surface area (Å²) in [7, 11) is -5.07. The van der Waals surface area contributed by atoms with Gasteiger partial charge in [0.15, 0.2) is 5.78 Å². The highest BCUT2D eigenvalue weighted by Crippen LogP contribution is 2.68. The predicted molar refractivity (Wildman–Crippen MR) is 162 cm³/mol. The SMILES string of the molecule is CC(=O)O[C@H]1C[C@@]2(C)[C@@H](C[C@H]1OC(C)=O)C(=O)C=C1[C@@H]2CC[C@]2(C)[C@@H]([C@H](C)[C@@H](CCC(C)(C)OC(C)=O)OS(=O)(=O)[O-])CC[C@@]12O. The van der Waals surface area contributed by atoms with Crippen LogP contribution in [0.1, 0.15) is 107 Å². The number of carbonyl (C=O) groups is 4. The first-order valence-electron chi connectivity index (χ1n) is 16.2. The van der Waals surface area contributed by atoms with E-state index in [0.717, 1.165) is 0 Å². The van der Waals surface area contributed by atoms with E-state index in [1.807, 2.05) is 20.8 Å². The van der Waals surface area contributed by atoms with Crippen LogP contribution in [0.5, 0.6) is 0 Å². The molecule has 4 rings (SSSR count). The third-order valence-corrected chi connectivity index (χ3v) is 12.2. The van der Waals surface area contributed by atoms with Gasteiger partial charge in [0.1, 0.15) is 17.8 Å². The Hall–Kier alpha value is -2.35. The van der Waals surface area contributed by atoms with Gasteiger partial charge < -0.3 is 23.9 Å². The summed E-state index contributed by atoms with van der Waals surface area (Å²) in [6, 6.07) is 0. The molecule has 12 nitrogen and oxygen atoms in total. The van der Waals surface area contributed by atoms with E-state index in [1.54, 1.807) is 19.9 Å². The summed E-state index contributed by atoms with van der Waals surface area (Å²) in [5, 5.41) is 12.6. The van der Waals surface area contributed by atoms with E-state index in [0.29, 0.717) is 31.3 Å². The van der Waals surface area contributed by atoms with Gasteiger partial charge in [0, 0.05) is 32.1 Å². The number of rotatable bonds is 10. The number of ether oxygens (including phenoxy) is 3. The maximum absolute atomic E-state index is 13.8. The van der Waals surface area contributed by atoms with Crippen molar-refractivity contribution in [1.29, 1.82) is 0 Å². The number of hydrogen-bond donors (Lipinski definition) is 1. The third kappa shape index (κ3) is 6.93. The van der Waals surface area contributed by atoms with Crippen LogP contribution in [0.15, 0.2) is 11.6 Å². The molecule has 3 saturated carbocycles. The van der Waals surface area contributed by atoms with Gasteiger partial charge in [-0.25, -0.2) is 8.42 Å². The molecule has 1 N–H and O–H groups in total. The first-order chi connectivity index (χ1) is 21.0. The van der Waals surface area contributed by atoms with Crippen LogP contribution in [0.2, 0.25) is 0 Å². The first kappa shape index (κ1) is 36.5. The van der Waals surface area contributed by atoms with Crippen molar-refractivity contribution in [3.8, 4) is 0 Å². The number of ketones is 1. The Morgan fingerprint density at radius 2 is 1.63 bits per heavy atom. The average Bonchev–Trinajstić information content (AvgIpc) is 3.16. The number of hydrogen-bond acceptors (Lipinski definition) is 12. The summed E-state index contributed by atoms with van der Waals surface area (Å²) in [5.74, 6) is -3.16. The van der Waals surface area contributed by atoms with Gasteiger partial charge in [-0.1, -0.05) is 20.8 Å². The zero-order valence-electron chi connectivity index (χ0n) is 28.1. The second-order valence-corrected chi connectivity index (χ2v) is 16.1. The van der Waals surface area contributed by atoms with Gasteiger partial charge in [-0.3, -0.25) is 23.4 Å². The maximum Gasteiger partial charge on any atom is 0.303 e. The van der Waals surface area contributed by atoms with Crippen molar-refractivity contribution in [2.24, 2.45) is 34.5 Å². The van der Waals surface area contributed by atoms with Crippen LogP contribution >= 0.6 is 0 Å². The van der Waals surface area contributed by atoms with Crippen LogP contribution in [0, 0.1) is 34.5 Å². The molecule has 3 fully saturated rings. The monoisotopic (exact) mass is 669 g/mol. The van der Waals surface area contributed by atoms with E-state index in [1.165, 1.54) is 20.8 Å². The predicted octanol–water partition coefficient (Wildman–Crippen LogP) is 3.94. The quantitative estimate of drug-likeness (QED) is 0.153. The number of fused-ring (bicyclic) bond motifs is 5. The molecule has 13 heteroatoms. The molecular formula is C33H49O12S-. The van der Waals surface area contributed by atoms with E-state index in [9.17, 15) is 37.3 Å². The highest BCUT2D eigenvalue weighted by Gasteiger charge is 2.67. The Balaban J connectivity index is 1.65. The van der Waals surface area contributed by atoms with E-state index >= 15 is 0 Å². The molecule has 0 aromatic heterocycles. The van der Waals surface area contributed by atoms with Gasteiger partial charge in [0.2, 0.25) is 10.4 Å². The van der Waals surface area contributed by atoms with Crippen molar-refractivity contribution >= 4 is 34.1 Å². The molecule has 0 heterocycles. The van der Waals surface area contributed by atoms with Crippen molar-refractivity contribution in [2.45, 2.75) is 136 Å². The average molecular weight is 670 g/mol. The standard InChI is InChI=1S/C33H50O12S/c1-18(27(45-46(39,40)41)11-12-30(5,6)44-21(4)36)22-10-14-33(38)24-15-26(37)25-16-28(42-19(2)34)29(43-20(3)35)17-31(25,7)23(24)9-13-32(22,33)8/h15,18,22-23,25,27-29,38H,9-14,16-17H2,1-8H3,(H,39,40,41)/p-1/t18-,22+,23-,25-,27+,28+,29-,31+,32+,33+/m0/s1. The van der Waals surface area contributed by atoms with E-state index in [2.05, 4.69) is 0 Å². The van der Waals surface area contributed by atoms with Crippen molar-refractivity contribution in [3.63, 3.8) is 0 Å². The fraction of sp³-hybridized carbons (Fsp3) is 0.818. The van der Waals surface area contributed by atoms with E-state index in [-0.39, 0.29) is 43.3 Å². The molecule has 0 aromatic rings. The maximum atomic E-state index is 13.8. The summed E-state index contributed by atoms with van der Waals surface area (Å²) in [5.41, 5.74) is -3.13. The van der Waals surface area contributed by atoms with Crippen LogP contribution in [0.25, 0.3) is 0 Å². The van der Waals surface area contributed by atoms with Crippen LogP contribution in [-0.4, -0.2) is 71.3 Å². The zero-order valence-corrected chi connectivity index (χ0v) is 28.9. The Morgan fingerprint density at radius 1 is 1.02 bits per heavy atom. The summed E-state index contributed by atoms with van der Waals surface area (Å²) in [6.45, 7) is 13.0. The summed E-state index contributed by atoms with van der Waals surface area (Å²) < 4.78 is 57.1. The van der Waals surface area contributed by atoms with E-state index in [4.69, 9.17) is 18.4 Å². The van der Waals surface area contributed by atoms with Crippen LogP contribution < -0.4 is 0 Å². The number of esters is 3. The Labute approximate surface area is 271 Å². The number of aliphatic hydroxyl groups is 1. The Kier molecular flexibility index (Phi) is 9.99. The fourth-order valence-corrected chi connectivity index (χ4v) is 10.2. The lowest BCUT2D eigenvalue weighted by atomic mass is 9.45. The number of allylic oxidation sites excluding steroid dienone is 1. The smallest absolute Gasteiger partial charge is 0.303 e. The van der Waals surface area contributed by atoms with Crippen LogP contribution in [0.4, 0.5) is 0 Å². The summed E-state index contributed by atoms with van der Waals surface area (Å²) in [4.78, 5) is 49.3. The lowest BCUT2D eigenvalue weighted by molar-refractivity contribution is -0.186. The van der Waals surface area contributed by atoms with Gasteiger partial charge in [-0.2, -0.15) is 0 Å². The van der Waals surface area contributed by atoms with Crippen molar-refractivity contribution in [3.05, 3.63) is 11.6 Å². The molecule has 0 aliphatic heterocycles. The lowest BCUT2D eigenvalue weighted by Gasteiger charge is -2.60. The van der Waals surface area contributed by atoms with Crippen LogP contribution in [-0.2, 0) is 48.0 Å². The van der Waals surface area contributed by atoms with Crippen molar-refractivity contribution in [2.75, 3.05) is 0 Å². The number of carbonyl (C=O) groups excluding carboxylic acids is 4. The highest BCUT2D eigenvalue weighted by molar-refractivity contribution is 7.80. The lowest BCUT2D eigenvalue weighted by Crippen LogP contribution is -2.61. The molecule has 0 amide bonds. The molecule has 0 radical (unpaired) electrons. The molecule has 10 atom stereocenters. The fourth-order valence-electron chi connectivity index (χ4n) is 9.63. The molecule has 4 aliphatic carbocycles. The molecule has 4 aliphatic rings. The molecule has 0 unspecified atom stereocenters. The van der Waals surface area contributed by atoms with E-state index < -0.39 is 80.5 Å². The largest absolute Gasteiger partial charge is 0.726 e. The zero-order chi connectivity index (χ0) is 34.6. The second-order valence-electron chi connectivity index (χ2n) is 15.1. The summed E-state index contributed by atoms with van der Waals surface area (Å²) >= 11 is 0. The normalized spacial score (nSPS) is 37.1. The molecule has 0 bridgehead atoms. The minimum Gasteiger partial charge on any atom is -0.726 e. The first-order valence-corrected chi connectivity index (χ1v) is 17.5. The van der Waals surface area contributed by atoms with Crippen molar-refractivity contribution < 1.29 is 55.6 Å². The van der Waals surface area contributed by atoms with Crippen LogP contribution in [0.3, 0.4) is 0 Å². The van der Waals surface area contributed by atoms with Crippen molar-refractivity contribution in [1.82, 2.24) is 0 Å². The molecule has 0 spiro atoms. The molecule has 0 aromatic carbocycles. The summed E-state index contributed by atoms with van der Waals surface area (Å²) in [6.07, 6.45) is 1.90. The van der Waals surface area contributed by atoms with Gasteiger partial charge in [-0.15, -0.1) is 0 Å². The molecule has 260 valence electrons. The van der Waals surface area contributed by atoms with Gasteiger partial charge >= 0.3 is 17.9 Å².